The number of hydrogen-bond donors (Lipinski definition) is 3. The number of phenols is 1. The first-order valence-corrected chi connectivity index (χ1v) is 12.0. The van der Waals surface area contributed by atoms with Crippen LogP contribution in [0.25, 0.3) is 11.3 Å². The molecule has 0 saturated heterocycles. The number of nitrogens with one attached hydrogen (secondary N) is 2. The van der Waals surface area contributed by atoms with Gasteiger partial charge in [0.15, 0.2) is 0 Å². The number of nitrogens with zero attached hydrogens (tertiary/aromatic N) is 3. The number of rotatable bonds is 6. The van der Waals surface area contributed by atoms with Crippen molar-refractivity contribution in [2.75, 3.05) is 5.32 Å². The fourth-order valence-electron chi connectivity index (χ4n) is 3.99. The molecule has 0 spiro atoms. The van der Waals surface area contributed by atoms with Crippen molar-refractivity contribution in [3.05, 3.63) is 94.4 Å². The molecule has 0 atom stereocenters. The fraction of sp³-hybridized carbons (Fsp3) is 0.185. The lowest BCUT2D eigenvalue weighted by molar-refractivity contribution is 0.102. The van der Waals surface area contributed by atoms with Crippen molar-refractivity contribution in [1.29, 1.82) is 0 Å². The molecule has 1 fully saturated rings. The van der Waals surface area contributed by atoms with Crippen LogP contribution in [0.1, 0.15) is 45.9 Å². The number of halogens is 1. The number of anilines is 1. The van der Waals surface area contributed by atoms with Gasteiger partial charge in [-0.25, -0.2) is 9.78 Å². The third-order valence-electron chi connectivity index (χ3n) is 6.15. The highest BCUT2D eigenvalue weighted by molar-refractivity contribution is 6.33. The van der Waals surface area contributed by atoms with Gasteiger partial charge in [0.2, 0.25) is 0 Å². The second-order valence-corrected chi connectivity index (χ2v) is 9.11. The van der Waals surface area contributed by atoms with Crippen molar-refractivity contribution < 1.29 is 14.7 Å². The van der Waals surface area contributed by atoms with Crippen LogP contribution >= 0.6 is 11.6 Å². The SMILES string of the molecule is Cc1ccccc1CNC(=O)n1nc(-c2cc(NC(=O)c3cccnc3Cl)ccc2O)cc1C1CC1. The van der Waals surface area contributed by atoms with E-state index in [4.69, 9.17) is 11.6 Å². The summed E-state index contributed by atoms with van der Waals surface area (Å²) in [5.74, 6) is -0.197. The largest absolute Gasteiger partial charge is 0.507 e. The van der Waals surface area contributed by atoms with Crippen molar-refractivity contribution in [2.24, 2.45) is 0 Å². The summed E-state index contributed by atoms with van der Waals surface area (Å²) in [6.07, 6.45) is 3.46. The molecule has 1 aliphatic carbocycles. The van der Waals surface area contributed by atoms with Crippen LogP contribution in [0.5, 0.6) is 5.75 Å². The van der Waals surface area contributed by atoms with E-state index in [0.29, 0.717) is 23.5 Å². The second-order valence-electron chi connectivity index (χ2n) is 8.75. The molecule has 0 unspecified atom stereocenters. The Bertz CT molecular complexity index is 1460. The van der Waals surface area contributed by atoms with E-state index in [-0.39, 0.29) is 28.4 Å². The van der Waals surface area contributed by atoms with Gasteiger partial charge in [-0.2, -0.15) is 9.78 Å². The fourth-order valence-corrected chi connectivity index (χ4v) is 4.19. The van der Waals surface area contributed by atoms with E-state index in [1.165, 1.54) is 16.9 Å². The predicted octanol–water partition coefficient (Wildman–Crippen LogP) is 5.50. The summed E-state index contributed by atoms with van der Waals surface area (Å²) in [7, 11) is 0. The van der Waals surface area contributed by atoms with E-state index in [1.807, 2.05) is 37.3 Å². The maximum Gasteiger partial charge on any atom is 0.342 e. The molecule has 0 bridgehead atoms. The standard InChI is InChI=1S/C27H24ClN5O3/c1-16-5-2-3-6-18(16)15-30-27(36)33-23(17-8-9-17)14-22(32-33)21-13-19(10-11-24(21)34)31-26(35)20-7-4-12-29-25(20)28/h2-7,10-14,17,34H,8-9,15H2,1H3,(H,30,36)(H,31,35). The highest BCUT2D eigenvalue weighted by Crippen LogP contribution is 2.42. The van der Waals surface area contributed by atoms with Gasteiger partial charge in [-0.15, -0.1) is 0 Å². The number of amides is 2. The minimum atomic E-state index is -0.426. The maximum atomic E-state index is 13.1. The Morgan fingerprint density at radius 2 is 1.92 bits per heavy atom. The highest BCUT2D eigenvalue weighted by atomic mass is 35.5. The van der Waals surface area contributed by atoms with Crippen LogP contribution in [0.4, 0.5) is 10.5 Å². The van der Waals surface area contributed by atoms with Crippen LogP contribution in [0, 0.1) is 6.92 Å². The van der Waals surface area contributed by atoms with Crippen molar-refractivity contribution in [3.8, 4) is 17.0 Å². The van der Waals surface area contributed by atoms with Gasteiger partial charge in [-0.3, -0.25) is 4.79 Å². The van der Waals surface area contributed by atoms with Gasteiger partial charge < -0.3 is 15.7 Å². The first kappa shape index (κ1) is 23.6. The number of aromatic nitrogens is 3. The zero-order valence-electron chi connectivity index (χ0n) is 19.5. The predicted molar refractivity (Wildman–Crippen MR) is 137 cm³/mol. The summed E-state index contributed by atoms with van der Waals surface area (Å²) in [6.45, 7) is 2.38. The zero-order valence-corrected chi connectivity index (χ0v) is 20.3. The summed E-state index contributed by atoms with van der Waals surface area (Å²) in [5.41, 5.74) is 4.44. The molecule has 5 rings (SSSR count). The van der Waals surface area contributed by atoms with Crippen LogP contribution in [-0.4, -0.2) is 31.8 Å². The van der Waals surface area contributed by atoms with Crippen molar-refractivity contribution >= 4 is 29.2 Å². The third-order valence-corrected chi connectivity index (χ3v) is 6.45. The van der Waals surface area contributed by atoms with Gasteiger partial charge in [-0.05, 0) is 67.3 Å². The zero-order chi connectivity index (χ0) is 25.2. The molecule has 1 saturated carbocycles. The Morgan fingerprint density at radius 1 is 1.11 bits per heavy atom. The lowest BCUT2D eigenvalue weighted by Gasteiger charge is -2.10. The normalized spacial score (nSPS) is 12.8. The van der Waals surface area contributed by atoms with E-state index in [2.05, 4.69) is 20.7 Å². The Balaban J connectivity index is 1.40. The van der Waals surface area contributed by atoms with Crippen molar-refractivity contribution in [2.45, 2.75) is 32.2 Å². The molecule has 4 aromatic rings. The van der Waals surface area contributed by atoms with E-state index in [9.17, 15) is 14.7 Å². The average Bonchev–Trinajstić information content (AvgIpc) is 3.63. The van der Waals surface area contributed by atoms with Gasteiger partial charge in [0.05, 0.1) is 17.0 Å². The number of aryl methyl sites for hydroxylation is 1. The van der Waals surface area contributed by atoms with E-state index < -0.39 is 5.91 Å². The van der Waals surface area contributed by atoms with Crippen LogP contribution in [-0.2, 0) is 6.54 Å². The third kappa shape index (κ3) is 4.94. The first-order chi connectivity index (χ1) is 17.4. The van der Waals surface area contributed by atoms with Gasteiger partial charge in [0, 0.05) is 29.9 Å². The van der Waals surface area contributed by atoms with E-state index >= 15 is 0 Å². The Kier molecular flexibility index (Phi) is 6.43. The number of aromatic hydroxyl groups is 1. The highest BCUT2D eigenvalue weighted by Gasteiger charge is 2.31. The number of phenolic OH excluding ortho intramolecular Hbond substituents is 1. The quantitative estimate of drug-likeness (QED) is 0.239. The minimum absolute atomic E-state index is 0.0141. The molecule has 0 aliphatic heterocycles. The summed E-state index contributed by atoms with van der Waals surface area (Å²) in [6, 6.07) is 17.2. The second kappa shape index (κ2) is 9.83. The molecule has 3 N–H and O–H groups in total. The molecule has 2 amide bonds. The van der Waals surface area contributed by atoms with Gasteiger partial charge >= 0.3 is 6.03 Å². The lowest BCUT2D eigenvalue weighted by Crippen LogP contribution is -2.30. The molecule has 0 radical (unpaired) electrons. The molecule has 9 heteroatoms. The Labute approximate surface area is 212 Å². The number of pyridine rings is 1. The summed E-state index contributed by atoms with van der Waals surface area (Å²) in [4.78, 5) is 29.6. The summed E-state index contributed by atoms with van der Waals surface area (Å²) < 4.78 is 1.38. The topological polar surface area (TPSA) is 109 Å². The summed E-state index contributed by atoms with van der Waals surface area (Å²) >= 11 is 6.03. The number of benzene rings is 2. The van der Waals surface area contributed by atoms with Gasteiger partial charge in [0.1, 0.15) is 10.9 Å². The number of carbonyl (C=O) groups excluding carboxylic acids is 2. The van der Waals surface area contributed by atoms with Crippen molar-refractivity contribution in [1.82, 2.24) is 20.1 Å². The van der Waals surface area contributed by atoms with Crippen LogP contribution in [0.15, 0.2) is 66.9 Å². The minimum Gasteiger partial charge on any atom is -0.507 e. The Hall–Kier alpha value is -4.17. The Morgan fingerprint density at radius 3 is 2.67 bits per heavy atom. The lowest BCUT2D eigenvalue weighted by atomic mass is 10.1. The molecule has 2 heterocycles. The molecule has 36 heavy (non-hydrogen) atoms. The molecule has 2 aromatic carbocycles. The number of carbonyl (C=O) groups is 2. The molecule has 8 nitrogen and oxygen atoms in total. The van der Waals surface area contributed by atoms with Gasteiger partial charge in [0.25, 0.3) is 5.91 Å². The molecule has 182 valence electrons. The average molecular weight is 502 g/mol. The molecule has 1 aliphatic rings. The summed E-state index contributed by atoms with van der Waals surface area (Å²) in [5, 5.41) is 20.9. The molecule has 2 aromatic heterocycles. The molecular weight excluding hydrogens is 478 g/mol. The maximum absolute atomic E-state index is 13.1. The first-order valence-electron chi connectivity index (χ1n) is 11.6. The van der Waals surface area contributed by atoms with E-state index in [1.54, 1.807) is 24.3 Å². The van der Waals surface area contributed by atoms with Crippen LogP contribution in [0.2, 0.25) is 5.15 Å². The number of hydrogen-bond acceptors (Lipinski definition) is 5. The molecular formula is C27H24ClN5O3. The van der Waals surface area contributed by atoms with E-state index in [0.717, 1.165) is 29.7 Å². The van der Waals surface area contributed by atoms with Crippen LogP contribution in [0.3, 0.4) is 0 Å². The van der Waals surface area contributed by atoms with Crippen molar-refractivity contribution in [3.63, 3.8) is 0 Å². The smallest absolute Gasteiger partial charge is 0.342 e. The van der Waals surface area contributed by atoms with Crippen LogP contribution < -0.4 is 10.6 Å². The monoisotopic (exact) mass is 501 g/mol. The van der Waals surface area contributed by atoms with Gasteiger partial charge in [-0.1, -0.05) is 35.9 Å².